The average molecular weight is 257 g/mol. The summed E-state index contributed by atoms with van der Waals surface area (Å²) < 4.78 is 2.15. The molecule has 3 heteroatoms. The maximum absolute atomic E-state index is 6.26. The summed E-state index contributed by atoms with van der Waals surface area (Å²) in [5, 5.41) is 0. The Labute approximate surface area is 115 Å². The van der Waals surface area contributed by atoms with Gasteiger partial charge in [-0.1, -0.05) is 43.7 Å². The summed E-state index contributed by atoms with van der Waals surface area (Å²) in [6.07, 6.45) is 4.75. The van der Waals surface area contributed by atoms with Crippen LogP contribution in [0.25, 0.3) is 0 Å². The molecule has 3 nitrogen and oxygen atoms in total. The van der Waals surface area contributed by atoms with Crippen LogP contribution in [0.4, 0.5) is 0 Å². The summed E-state index contributed by atoms with van der Waals surface area (Å²) in [5.41, 5.74) is 9.94. The van der Waals surface area contributed by atoms with Crippen molar-refractivity contribution < 1.29 is 0 Å². The van der Waals surface area contributed by atoms with E-state index >= 15 is 0 Å². The number of nitrogens with two attached hydrogens (primary N) is 1. The van der Waals surface area contributed by atoms with E-state index < -0.39 is 0 Å². The predicted octanol–water partition coefficient (Wildman–Crippen LogP) is 3.29. The molecular weight excluding hydrogens is 234 g/mol. The second kappa shape index (κ2) is 6.02. The third-order valence-corrected chi connectivity index (χ3v) is 3.32. The maximum Gasteiger partial charge on any atom is 0.0951 e. The molecule has 1 unspecified atom stereocenters. The van der Waals surface area contributed by atoms with E-state index in [1.165, 1.54) is 11.1 Å². The number of aromatic nitrogens is 2. The third kappa shape index (κ3) is 3.67. The number of rotatable bonds is 5. The molecule has 1 aromatic carbocycles. The van der Waals surface area contributed by atoms with Crippen molar-refractivity contribution in [3.63, 3.8) is 0 Å². The molecule has 0 amide bonds. The van der Waals surface area contributed by atoms with Crippen molar-refractivity contribution in [3.8, 4) is 0 Å². The zero-order chi connectivity index (χ0) is 13.8. The van der Waals surface area contributed by atoms with Gasteiger partial charge in [-0.25, -0.2) is 4.98 Å². The number of imidazole rings is 1. The Morgan fingerprint density at radius 1 is 1.21 bits per heavy atom. The third-order valence-electron chi connectivity index (χ3n) is 3.32. The van der Waals surface area contributed by atoms with Gasteiger partial charge in [0.1, 0.15) is 0 Å². The second-order valence-corrected chi connectivity index (χ2v) is 5.67. The fraction of sp³-hybridized carbons (Fsp3) is 0.438. The van der Waals surface area contributed by atoms with E-state index in [4.69, 9.17) is 5.73 Å². The van der Waals surface area contributed by atoms with Crippen LogP contribution in [0.2, 0.25) is 0 Å². The van der Waals surface area contributed by atoms with Gasteiger partial charge in [-0.2, -0.15) is 0 Å². The van der Waals surface area contributed by atoms with Crippen LogP contribution in [0.15, 0.2) is 36.8 Å². The summed E-state index contributed by atoms with van der Waals surface area (Å²) in [6, 6.07) is 8.66. The van der Waals surface area contributed by atoms with Crippen molar-refractivity contribution in [1.82, 2.24) is 9.55 Å². The lowest BCUT2D eigenvalue weighted by molar-refractivity contribution is 0.488. The molecule has 0 aliphatic rings. The molecule has 0 radical (unpaired) electrons. The van der Waals surface area contributed by atoms with E-state index in [0.717, 1.165) is 18.7 Å². The molecule has 0 fully saturated rings. The van der Waals surface area contributed by atoms with Crippen LogP contribution in [-0.2, 0) is 6.54 Å². The number of hydrogen-bond donors (Lipinski definition) is 1. The summed E-state index contributed by atoms with van der Waals surface area (Å²) in [4.78, 5) is 4.25. The molecule has 0 spiro atoms. The molecule has 102 valence electrons. The summed E-state index contributed by atoms with van der Waals surface area (Å²) in [6.45, 7) is 7.33. The average Bonchev–Trinajstić information content (AvgIpc) is 2.79. The largest absolute Gasteiger partial charge is 0.329 e. The maximum atomic E-state index is 6.26. The van der Waals surface area contributed by atoms with Gasteiger partial charge in [-0.05, 0) is 24.8 Å². The molecule has 19 heavy (non-hydrogen) atoms. The molecule has 0 saturated heterocycles. The van der Waals surface area contributed by atoms with Crippen LogP contribution >= 0.6 is 0 Å². The van der Waals surface area contributed by atoms with Gasteiger partial charge in [0.2, 0.25) is 0 Å². The van der Waals surface area contributed by atoms with Gasteiger partial charge in [0.25, 0.3) is 0 Å². The van der Waals surface area contributed by atoms with Gasteiger partial charge in [0, 0.05) is 18.8 Å². The minimum absolute atomic E-state index is 0.0629. The Kier molecular flexibility index (Phi) is 4.38. The first-order valence-electron chi connectivity index (χ1n) is 6.87. The summed E-state index contributed by atoms with van der Waals surface area (Å²) in [7, 11) is 0. The highest BCUT2D eigenvalue weighted by Gasteiger charge is 2.13. The fourth-order valence-electron chi connectivity index (χ4n) is 2.29. The minimum Gasteiger partial charge on any atom is -0.329 e. The van der Waals surface area contributed by atoms with Crippen molar-refractivity contribution in [3.05, 3.63) is 53.6 Å². The van der Waals surface area contributed by atoms with Crippen LogP contribution in [-0.4, -0.2) is 9.55 Å². The Balaban J connectivity index is 2.13. The molecule has 1 atom stereocenters. The Hall–Kier alpha value is -1.61. The molecule has 2 aromatic rings. The molecular formula is C16H23N3. The number of benzene rings is 1. The zero-order valence-electron chi connectivity index (χ0n) is 12.0. The van der Waals surface area contributed by atoms with E-state index in [1.54, 1.807) is 0 Å². The van der Waals surface area contributed by atoms with Crippen molar-refractivity contribution >= 4 is 0 Å². The minimum atomic E-state index is 0.0629. The van der Waals surface area contributed by atoms with Crippen molar-refractivity contribution in [2.45, 2.75) is 39.8 Å². The van der Waals surface area contributed by atoms with Crippen LogP contribution in [0, 0.1) is 12.8 Å². The normalized spacial score (nSPS) is 12.9. The van der Waals surface area contributed by atoms with Crippen LogP contribution in [0.3, 0.4) is 0 Å². The molecule has 0 aliphatic carbocycles. The number of hydrogen-bond acceptors (Lipinski definition) is 2. The summed E-state index contributed by atoms with van der Waals surface area (Å²) in [5.74, 6) is 0.595. The zero-order valence-corrected chi connectivity index (χ0v) is 12.0. The van der Waals surface area contributed by atoms with Crippen LogP contribution in [0.5, 0.6) is 0 Å². The van der Waals surface area contributed by atoms with E-state index in [9.17, 15) is 0 Å². The lowest BCUT2D eigenvalue weighted by Crippen LogP contribution is -2.17. The fourth-order valence-corrected chi connectivity index (χ4v) is 2.29. The van der Waals surface area contributed by atoms with Crippen molar-refractivity contribution in [2.75, 3.05) is 0 Å². The highest BCUT2D eigenvalue weighted by atomic mass is 15.1. The SMILES string of the molecule is Cc1ccc(Cn2cncc2C(N)CC(C)C)cc1. The Morgan fingerprint density at radius 3 is 2.53 bits per heavy atom. The van der Waals surface area contributed by atoms with E-state index in [1.807, 2.05) is 12.5 Å². The predicted molar refractivity (Wildman–Crippen MR) is 78.9 cm³/mol. The van der Waals surface area contributed by atoms with Gasteiger partial charge < -0.3 is 10.3 Å². The van der Waals surface area contributed by atoms with Gasteiger partial charge >= 0.3 is 0 Å². The molecule has 1 aromatic heterocycles. The van der Waals surface area contributed by atoms with Gasteiger partial charge in [-0.15, -0.1) is 0 Å². The van der Waals surface area contributed by atoms with Gasteiger partial charge in [-0.3, -0.25) is 0 Å². The van der Waals surface area contributed by atoms with Crippen LogP contribution < -0.4 is 5.73 Å². The lowest BCUT2D eigenvalue weighted by atomic mass is 10.0. The first-order chi connectivity index (χ1) is 9.06. The van der Waals surface area contributed by atoms with Crippen LogP contribution in [0.1, 0.15) is 43.1 Å². The first kappa shape index (κ1) is 13.8. The van der Waals surface area contributed by atoms with E-state index in [-0.39, 0.29) is 6.04 Å². The lowest BCUT2D eigenvalue weighted by Gasteiger charge is -2.16. The first-order valence-corrected chi connectivity index (χ1v) is 6.87. The molecule has 0 bridgehead atoms. The quantitative estimate of drug-likeness (QED) is 0.893. The number of aryl methyl sites for hydroxylation is 1. The standard InChI is InChI=1S/C16H23N3/c1-12(2)8-15(17)16-9-18-11-19(16)10-14-6-4-13(3)5-7-14/h4-7,9,11-12,15H,8,10,17H2,1-3H3. The number of nitrogens with zero attached hydrogens (tertiary/aromatic N) is 2. The highest BCUT2D eigenvalue weighted by molar-refractivity contribution is 5.22. The molecule has 2 N–H and O–H groups in total. The van der Waals surface area contributed by atoms with Gasteiger partial charge in [0.15, 0.2) is 0 Å². The molecule has 2 rings (SSSR count). The summed E-state index contributed by atoms with van der Waals surface area (Å²) >= 11 is 0. The smallest absolute Gasteiger partial charge is 0.0951 e. The molecule has 1 heterocycles. The van der Waals surface area contributed by atoms with E-state index in [2.05, 4.69) is 54.6 Å². The Morgan fingerprint density at radius 2 is 1.89 bits per heavy atom. The topological polar surface area (TPSA) is 43.8 Å². The van der Waals surface area contributed by atoms with Crippen molar-refractivity contribution in [1.29, 1.82) is 0 Å². The van der Waals surface area contributed by atoms with E-state index in [0.29, 0.717) is 5.92 Å². The second-order valence-electron chi connectivity index (χ2n) is 5.67. The molecule has 0 saturated carbocycles. The van der Waals surface area contributed by atoms with Crippen molar-refractivity contribution in [2.24, 2.45) is 11.7 Å². The Bertz CT molecular complexity index is 511. The van der Waals surface area contributed by atoms with Gasteiger partial charge in [0.05, 0.1) is 12.0 Å². The highest BCUT2D eigenvalue weighted by Crippen LogP contribution is 2.19. The molecule has 0 aliphatic heterocycles. The monoisotopic (exact) mass is 257 g/mol.